The molecule has 0 aliphatic carbocycles. The Bertz CT molecular complexity index is 631. The second-order valence-corrected chi connectivity index (χ2v) is 4.67. The number of carbonyl (C=O) groups excluding carboxylic acids is 1. The van der Waals surface area contributed by atoms with Gasteiger partial charge in [-0.3, -0.25) is 9.89 Å². The third-order valence-electron chi connectivity index (χ3n) is 2.71. The van der Waals surface area contributed by atoms with Crippen LogP contribution < -0.4 is 5.56 Å². The quantitative estimate of drug-likeness (QED) is 0.690. The molecule has 0 saturated heterocycles. The van der Waals surface area contributed by atoms with Crippen molar-refractivity contribution in [2.45, 2.75) is 6.42 Å². The Balaban J connectivity index is 2.59. The van der Waals surface area contributed by atoms with E-state index in [4.69, 9.17) is 0 Å². The van der Waals surface area contributed by atoms with Crippen molar-refractivity contribution in [3.63, 3.8) is 0 Å². The highest BCUT2D eigenvalue weighted by molar-refractivity contribution is 9.09. The number of carbonyl (C=O) groups is 1. The molecule has 0 spiro atoms. The molecule has 100 valence electrons. The van der Waals surface area contributed by atoms with Crippen LogP contribution in [0.5, 0.6) is 0 Å². The Kier molecular flexibility index (Phi) is 4.21. The lowest BCUT2D eigenvalue weighted by atomic mass is 10.2. The van der Waals surface area contributed by atoms with Crippen LogP contribution in [0.15, 0.2) is 35.1 Å². The molecule has 0 unspecified atom stereocenters. The number of benzene rings is 1. The first-order valence-corrected chi connectivity index (χ1v) is 6.84. The van der Waals surface area contributed by atoms with Crippen LogP contribution >= 0.6 is 15.9 Å². The van der Waals surface area contributed by atoms with E-state index in [-0.39, 0.29) is 5.56 Å². The second kappa shape index (κ2) is 5.88. The number of aryl methyl sites for hydroxylation is 1. The minimum atomic E-state index is -0.619. The van der Waals surface area contributed by atoms with Crippen LogP contribution in [0.4, 0.5) is 0 Å². The summed E-state index contributed by atoms with van der Waals surface area (Å²) in [5.74, 6) is -0.619. The lowest BCUT2D eigenvalue weighted by Crippen LogP contribution is -2.21. The van der Waals surface area contributed by atoms with E-state index < -0.39 is 11.5 Å². The van der Waals surface area contributed by atoms with Crippen LogP contribution in [-0.2, 0) is 11.2 Å². The number of para-hydroxylation sites is 1. The normalized spacial score (nSPS) is 10.4. The monoisotopic (exact) mass is 324 g/mol. The molecule has 6 heteroatoms. The molecule has 1 aromatic carbocycles. The van der Waals surface area contributed by atoms with Gasteiger partial charge >= 0.3 is 5.97 Å². The summed E-state index contributed by atoms with van der Waals surface area (Å²) in [6.45, 7) is 0. The molecule has 0 atom stereocenters. The standard InChI is InChI=1S/C13H13BrN2O3/c1-19-13(18)11-10(7-8-14)15-16(12(11)17)9-5-3-2-4-6-9/h2-6,15H,7-8H2,1H3. The molecule has 0 saturated carbocycles. The summed E-state index contributed by atoms with van der Waals surface area (Å²) < 4.78 is 6.02. The van der Waals surface area contributed by atoms with Crippen molar-refractivity contribution < 1.29 is 9.53 Å². The highest BCUT2D eigenvalue weighted by atomic mass is 79.9. The maximum absolute atomic E-state index is 12.3. The average molecular weight is 325 g/mol. The summed E-state index contributed by atoms with van der Waals surface area (Å²) in [5.41, 5.74) is 0.913. The van der Waals surface area contributed by atoms with E-state index in [9.17, 15) is 9.59 Å². The molecule has 1 heterocycles. The number of rotatable bonds is 4. The van der Waals surface area contributed by atoms with Crippen molar-refractivity contribution in [3.8, 4) is 5.69 Å². The Labute approximate surface area is 118 Å². The van der Waals surface area contributed by atoms with Crippen LogP contribution in [0.1, 0.15) is 16.1 Å². The number of hydrogen-bond acceptors (Lipinski definition) is 3. The molecule has 1 aromatic heterocycles. The molecular weight excluding hydrogens is 312 g/mol. The molecule has 0 aliphatic rings. The second-order valence-electron chi connectivity index (χ2n) is 3.87. The van der Waals surface area contributed by atoms with E-state index in [1.54, 1.807) is 12.1 Å². The van der Waals surface area contributed by atoms with Crippen molar-refractivity contribution in [2.75, 3.05) is 12.4 Å². The topological polar surface area (TPSA) is 64.1 Å². The van der Waals surface area contributed by atoms with Crippen LogP contribution in [0.3, 0.4) is 0 Å². The lowest BCUT2D eigenvalue weighted by molar-refractivity contribution is 0.0598. The number of esters is 1. The molecule has 0 amide bonds. The molecule has 0 fully saturated rings. The fourth-order valence-electron chi connectivity index (χ4n) is 1.83. The van der Waals surface area contributed by atoms with Crippen LogP contribution in [0, 0.1) is 0 Å². The highest BCUT2D eigenvalue weighted by Crippen LogP contribution is 2.10. The summed E-state index contributed by atoms with van der Waals surface area (Å²) in [4.78, 5) is 24.0. The van der Waals surface area contributed by atoms with Gasteiger partial charge in [-0.2, -0.15) is 0 Å². The van der Waals surface area contributed by atoms with Gasteiger partial charge in [-0.25, -0.2) is 9.48 Å². The van der Waals surface area contributed by atoms with Crippen molar-refractivity contribution in [1.29, 1.82) is 0 Å². The number of alkyl halides is 1. The minimum Gasteiger partial charge on any atom is -0.465 e. The van der Waals surface area contributed by atoms with Gasteiger partial charge in [-0.15, -0.1) is 0 Å². The molecule has 0 bridgehead atoms. The van der Waals surface area contributed by atoms with Crippen LogP contribution in [-0.4, -0.2) is 28.2 Å². The Morgan fingerprint density at radius 3 is 2.63 bits per heavy atom. The van der Waals surface area contributed by atoms with Crippen molar-refractivity contribution in [3.05, 3.63) is 51.9 Å². The Morgan fingerprint density at radius 1 is 1.37 bits per heavy atom. The highest BCUT2D eigenvalue weighted by Gasteiger charge is 2.21. The van der Waals surface area contributed by atoms with E-state index in [2.05, 4.69) is 25.8 Å². The van der Waals surface area contributed by atoms with Gasteiger partial charge in [0, 0.05) is 5.33 Å². The summed E-state index contributed by atoms with van der Waals surface area (Å²) in [7, 11) is 1.26. The van der Waals surface area contributed by atoms with E-state index >= 15 is 0 Å². The summed E-state index contributed by atoms with van der Waals surface area (Å²) in [6, 6.07) is 9.08. The van der Waals surface area contributed by atoms with Gasteiger partial charge in [0.15, 0.2) is 0 Å². The van der Waals surface area contributed by atoms with Crippen molar-refractivity contribution >= 4 is 21.9 Å². The Hall–Kier alpha value is -1.82. The molecule has 2 rings (SSSR count). The fraction of sp³-hybridized carbons (Fsp3) is 0.231. The van der Waals surface area contributed by atoms with Gasteiger partial charge in [-0.05, 0) is 18.6 Å². The summed E-state index contributed by atoms with van der Waals surface area (Å²) in [5, 5.41) is 3.60. The number of nitrogens with one attached hydrogen (secondary N) is 1. The number of halogens is 1. The molecule has 5 nitrogen and oxygen atoms in total. The minimum absolute atomic E-state index is 0.0609. The predicted molar refractivity (Wildman–Crippen MR) is 75.2 cm³/mol. The number of hydrogen-bond donors (Lipinski definition) is 1. The third-order valence-corrected chi connectivity index (χ3v) is 3.11. The molecule has 0 radical (unpaired) electrons. The zero-order valence-electron chi connectivity index (χ0n) is 10.4. The third kappa shape index (κ3) is 2.63. The first-order valence-electron chi connectivity index (χ1n) is 5.72. The van der Waals surface area contributed by atoms with E-state index in [0.29, 0.717) is 23.1 Å². The number of methoxy groups -OCH3 is 1. The lowest BCUT2D eigenvalue weighted by Gasteiger charge is -2.00. The maximum atomic E-state index is 12.3. The van der Waals surface area contributed by atoms with Gasteiger partial charge in [-0.1, -0.05) is 34.1 Å². The Morgan fingerprint density at radius 2 is 2.05 bits per heavy atom. The number of H-pyrrole nitrogens is 1. The van der Waals surface area contributed by atoms with Crippen LogP contribution in [0.2, 0.25) is 0 Å². The SMILES string of the molecule is COC(=O)c1c(CCBr)[nH]n(-c2ccccc2)c1=O. The largest absolute Gasteiger partial charge is 0.465 e. The predicted octanol–water partition coefficient (Wildman–Crippen LogP) is 1.89. The first kappa shape index (κ1) is 13.6. The number of ether oxygens (including phenoxy) is 1. The van der Waals surface area contributed by atoms with E-state index in [1.165, 1.54) is 11.8 Å². The number of aromatic nitrogens is 2. The van der Waals surface area contributed by atoms with Gasteiger partial charge in [0.2, 0.25) is 0 Å². The van der Waals surface area contributed by atoms with Gasteiger partial charge in [0.05, 0.1) is 18.5 Å². The van der Waals surface area contributed by atoms with Gasteiger partial charge in [0.1, 0.15) is 5.56 Å². The molecule has 1 N–H and O–H groups in total. The molecule has 0 aliphatic heterocycles. The van der Waals surface area contributed by atoms with E-state index in [1.807, 2.05) is 18.2 Å². The zero-order chi connectivity index (χ0) is 13.8. The zero-order valence-corrected chi connectivity index (χ0v) is 11.9. The molecule has 19 heavy (non-hydrogen) atoms. The fourth-order valence-corrected chi connectivity index (χ4v) is 2.23. The van der Waals surface area contributed by atoms with Gasteiger partial charge < -0.3 is 4.74 Å². The van der Waals surface area contributed by atoms with Crippen molar-refractivity contribution in [1.82, 2.24) is 9.78 Å². The van der Waals surface area contributed by atoms with E-state index in [0.717, 1.165) is 0 Å². The summed E-state index contributed by atoms with van der Waals surface area (Å²) >= 11 is 3.30. The molecule has 2 aromatic rings. The molecular formula is C13H13BrN2O3. The first-order chi connectivity index (χ1) is 9.19. The van der Waals surface area contributed by atoms with Gasteiger partial charge in [0.25, 0.3) is 5.56 Å². The maximum Gasteiger partial charge on any atom is 0.345 e. The number of nitrogens with zero attached hydrogens (tertiary/aromatic N) is 1. The smallest absolute Gasteiger partial charge is 0.345 e. The van der Waals surface area contributed by atoms with Crippen LogP contribution in [0.25, 0.3) is 5.69 Å². The average Bonchev–Trinajstić information content (AvgIpc) is 2.76. The summed E-state index contributed by atoms with van der Waals surface area (Å²) in [6.07, 6.45) is 0.541. The number of aromatic amines is 1. The van der Waals surface area contributed by atoms with Crippen molar-refractivity contribution in [2.24, 2.45) is 0 Å².